The Hall–Kier alpha value is -2.38. The number of hydroxylamine groups is 1. The summed E-state index contributed by atoms with van der Waals surface area (Å²) in [6.45, 7) is 3.50. The first-order chi connectivity index (χ1) is 14.9. The van der Waals surface area contributed by atoms with Gasteiger partial charge in [0.2, 0.25) is 0 Å². The van der Waals surface area contributed by atoms with Gasteiger partial charge in [0.25, 0.3) is 0 Å². The summed E-state index contributed by atoms with van der Waals surface area (Å²) in [6, 6.07) is 9.34. The van der Waals surface area contributed by atoms with Crippen molar-refractivity contribution in [3.8, 4) is 17.2 Å². The number of sulfone groups is 1. The maximum Gasteiger partial charge on any atom is 0.573 e. The van der Waals surface area contributed by atoms with E-state index in [1.807, 2.05) is 5.48 Å². The Morgan fingerprint density at radius 2 is 1.62 bits per heavy atom. The summed E-state index contributed by atoms with van der Waals surface area (Å²) in [4.78, 5) is -0.00259. The molecular formula is C20H22F3NO7S. The van der Waals surface area contributed by atoms with Gasteiger partial charge in [-0.3, -0.25) is 0 Å². The molecule has 0 saturated carbocycles. The molecule has 2 atom stereocenters. The molecule has 1 aliphatic heterocycles. The van der Waals surface area contributed by atoms with Crippen LogP contribution in [0, 0.1) is 0 Å². The van der Waals surface area contributed by atoms with Crippen molar-refractivity contribution in [2.24, 2.45) is 0 Å². The van der Waals surface area contributed by atoms with Crippen LogP contribution in [0.4, 0.5) is 13.2 Å². The van der Waals surface area contributed by atoms with Crippen LogP contribution in [0.2, 0.25) is 0 Å². The first-order valence-corrected chi connectivity index (χ1v) is 11.1. The molecule has 0 aliphatic carbocycles. The first kappa shape index (κ1) is 24.3. The van der Waals surface area contributed by atoms with E-state index in [1.165, 1.54) is 36.4 Å². The third-order valence-electron chi connectivity index (χ3n) is 4.52. The van der Waals surface area contributed by atoms with Crippen molar-refractivity contribution >= 4 is 9.84 Å². The molecule has 1 heterocycles. The van der Waals surface area contributed by atoms with Gasteiger partial charge in [0.05, 0.1) is 23.3 Å². The monoisotopic (exact) mass is 477 g/mol. The fourth-order valence-corrected chi connectivity index (χ4v) is 4.54. The van der Waals surface area contributed by atoms with E-state index in [0.717, 1.165) is 12.1 Å². The highest BCUT2D eigenvalue weighted by Gasteiger charge is 2.39. The van der Waals surface area contributed by atoms with Gasteiger partial charge in [-0.05, 0) is 62.4 Å². The summed E-state index contributed by atoms with van der Waals surface area (Å²) in [7, 11) is -3.80. The van der Waals surface area contributed by atoms with Gasteiger partial charge in [-0.1, -0.05) is 0 Å². The van der Waals surface area contributed by atoms with Crippen LogP contribution in [0.5, 0.6) is 17.2 Å². The number of rotatable bonds is 8. The van der Waals surface area contributed by atoms with E-state index in [9.17, 15) is 26.8 Å². The molecule has 1 saturated heterocycles. The Balaban J connectivity index is 1.64. The van der Waals surface area contributed by atoms with Gasteiger partial charge < -0.3 is 24.2 Å². The molecule has 176 valence electrons. The normalized spacial score (nSPS) is 19.5. The molecule has 2 aromatic rings. The molecule has 3 rings (SSSR count). The smallest absolute Gasteiger partial charge is 0.457 e. The van der Waals surface area contributed by atoms with Crippen molar-refractivity contribution in [3.05, 3.63) is 48.5 Å². The van der Waals surface area contributed by atoms with Gasteiger partial charge in [-0.25, -0.2) is 8.42 Å². The van der Waals surface area contributed by atoms with Gasteiger partial charge in [-0.15, -0.1) is 13.2 Å². The molecule has 1 aliphatic rings. The maximum atomic E-state index is 12.7. The molecule has 8 nitrogen and oxygen atoms in total. The number of benzene rings is 2. The Bertz CT molecular complexity index is 1010. The second kappa shape index (κ2) is 9.24. The summed E-state index contributed by atoms with van der Waals surface area (Å²) in [6.07, 6.45) is -5.45. The lowest BCUT2D eigenvalue weighted by molar-refractivity contribution is -0.274. The highest BCUT2D eigenvalue weighted by atomic mass is 32.2. The number of ether oxygens (including phenoxy) is 4. The molecule has 0 aromatic heterocycles. The molecule has 32 heavy (non-hydrogen) atoms. The lowest BCUT2D eigenvalue weighted by Crippen LogP contribution is -2.45. The van der Waals surface area contributed by atoms with Crippen molar-refractivity contribution in [1.29, 1.82) is 0 Å². The third kappa shape index (κ3) is 6.56. The Kier molecular flexibility index (Phi) is 7.00. The SMILES string of the molecule is CC1(C)OC[C@H]([C@H](CS(=O)(=O)c2ccc(Oc3ccc(OC(F)(F)F)cc3)cc2)NO)O1. The maximum absolute atomic E-state index is 12.7. The molecule has 0 unspecified atom stereocenters. The topological polar surface area (TPSA) is 103 Å². The minimum Gasteiger partial charge on any atom is -0.457 e. The third-order valence-corrected chi connectivity index (χ3v) is 6.31. The van der Waals surface area contributed by atoms with Crippen LogP contribution in [-0.2, 0) is 19.3 Å². The predicted molar refractivity (Wildman–Crippen MR) is 105 cm³/mol. The van der Waals surface area contributed by atoms with E-state index in [2.05, 4.69) is 4.74 Å². The van der Waals surface area contributed by atoms with Crippen molar-refractivity contribution in [2.45, 2.75) is 43.0 Å². The first-order valence-electron chi connectivity index (χ1n) is 9.45. The van der Waals surface area contributed by atoms with E-state index in [1.54, 1.807) is 13.8 Å². The quantitative estimate of drug-likeness (QED) is 0.556. The van der Waals surface area contributed by atoms with E-state index < -0.39 is 45.6 Å². The van der Waals surface area contributed by atoms with Crippen LogP contribution in [0.15, 0.2) is 53.4 Å². The predicted octanol–water partition coefficient (Wildman–Crippen LogP) is 3.65. The Morgan fingerprint density at radius 3 is 2.09 bits per heavy atom. The zero-order chi connectivity index (χ0) is 23.6. The average Bonchev–Trinajstić information content (AvgIpc) is 3.06. The number of hydrogen-bond donors (Lipinski definition) is 2. The van der Waals surface area contributed by atoms with Crippen LogP contribution in [-0.4, -0.2) is 50.3 Å². The lowest BCUT2D eigenvalue weighted by Gasteiger charge is -2.23. The van der Waals surface area contributed by atoms with E-state index >= 15 is 0 Å². The molecule has 0 amide bonds. The molecular weight excluding hydrogens is 455 g/mol. The highest BCUT2D eigenvalue weighted by Crippen LogP contribution is 2.29. The second-order valence-corrected chi connectivity index (χ2v) is 9.51. The van der Waals surface area contributed by atoms with Gasteiger partial charge in [0.1, 0.15) is 23.4 Å². The summed E-state index contributed by atoms with van der Waals surface area (Å²) in [5.74, 6) is -1.19. The number of halogens is 3. The van der Waals surface area contributed by atoms with Crippen molar-refractivity contribution in [1.82, 2.24) is 5.48 Å². The zero-order valence-corrected chi connectivity index (χ0v) is 17.9. The van der Waals surface area contributed by atoms with Crippen LogP contribution in [0.3, 0.4) is 0 Å². The average molecular weight is 477 g/mol. The molecule has 2 aromatic carbocycles. The molecule has 0 spiro atoms. The Labute approximate surface area is 182 Å². The van der Waals surface area contributed by atoms with Crippen LogP contribution in [0.1, 0.15) is 13.8 Å². The van der Waals surface area contributed by atoms with E-state index in [-0.39, 0.29) is 23.0 Å². The molecule has 2 N–H and O–H groups in total. The minimum absolute atomic E-state index is 0.00259. The minimum atomic E-state index is -4.79. The number of nitrogens with one attached hydrogen (secondary N) is 1. The number of alkyl halides is 3. The molecule has 0 bridgehead atoms. The van der Waals surface area contributed by atoms with Crippen molar-refractivity contribution in [3.63, 3.8) is 0 Å². The number of hydrogen-bond acceptors (Lipinski definition) is 8. The van der Waals surface area contributed by atoms with Gasteiger partial charge in [0, 0.05) is 0 Å². The molecule has 1 fully saturated rings. The summed E-state index contributed by atoms with van der Waals surface area (Å²) < 4.78 is 82.5. The molecule has 12 heteroatoms. The molecule has 0 radical (unpaired) electrons. The van der Waals surface area contributed by atoms with Crippen LogP contribution in [0.25, 0.3) is 0 Å². The largest absolute Gasteiger partial charge is 0.573 e. The zero-order valence-electron chi connectivity index (χ0n) is 17.1. The van der Waals surface area contributed by atoms with Gasteiger partial charge >= 0.3 is 6.36 Å². The standard InChI is InChI=1S/C20H22F3NO7S/c1-19(2)28-11-18(31-19)17(24-25)12-32(26,27)16-9-7-14(8-10-16)29-13-3-5-15(6-4-13)30-20(21,22)23/h3-10,17-18,24-25H,11-12H2,1-2H3/t17-,18+/m0/s1. The van der Waals surface area contributed by atoms with E-state index in [4.69, 9.17) is 14.2 Å². The summed E-state index contributed by atoms with van der Waals surface area (Å²) >= 11 is 0. The van der Waals surface area contributed by atoms with Gasteiger partial charge in [0.15, 0.2) is 15.6 Å². The summed E-state index contributed by atoms with van der Waals surface area (Å²) in [5.41, 5.74) is 1.98. The second-order valence-electron chi connectivity index (χ2n) is 7.48. The summed E-state index contributed by atoms with van der Waals surface area (Å²) in [5, 5.41) is 9.42. The van der Waals surface area contributed by atoms with Crippen LogP contribution < -0.4 is 15.0 Å². The highest BCUT2D eigenvalue weighted by molar-refractivity contribution is 7.91. The van der Waals surface area contributed by atoms with Crippen LogP contribution >= 0.6 is 0 Å². The van der Waals surface area contributed by atoms with E-state index in [0.29, 0.717) is 0 Å². The fraction of sp³-hybridized carbons (Fsp3) is 0.400. The van der Waals surface area contributed by atoms with Crippen molar-refractivity contribution < 1.29 is 45.7 Å². The Morgan fingerprint density at radius 1 is 1.09 bits per heavy atom. The van der Waals surface area contributed by atoms with Gasteiger partial charge in [-0.2, -0.15) is 5.48 Å². The van der Waals surface area contributed by atoms with Crippen molar-refractivity contribution in [2.75, 3.05) is 12.4 Å². The fourth-order valence-electron chi connectivity index (χ4n) is 3.03. The lowest BCUT2D eigenvalue weighted by atomic mass is 10.2.